The molecule has 0 atom stereocenters. The molecule has 0 N–H and O–H groups in total. The first-order valence-corrected chi connectivity index (χ1v) is 8.88. The van der Waals surface area contributed by atoms with Gasteiger partial charge >= 0.3 is 5.76 Å². The number of oxazole rings is 1. The lowest BCUT2D eigenvalue weighted by molar-refractivity contribution is -0.384. The zero-order valence-corrected chi connectivity index (χ0v) is 15.0. The molecule has 0 saturated carbocycles. The van der Waals surface area contributed by atoms with Crippen LogP contribution in [0.3, 0.4) is 0 Å². The maximum atomic E-state index is 12.7. The van der Waals surface area contributed by atoms with Gasteiger partial charge in [0.25, 0.3) is 5.69 Å². The molecule has 0 radical (unpaired) electrons. The number of hydrogen-bond donors (Lipinski definition) is 0. The van der Waals surface area contributed by atoms with Crippen molar-refractivity contribution in [1.29, 1.82) is 0 Å². The number of para-hydroxylation sites is 2. The van der Waals surface area contributed by atoms with Crippen molar-refractivity contribution in [1.82, 2.24) is 9.47 Å². The number of nitrogens with zero attached hydrogens (tertiary/aromatic N) is 4. The summed E-state index contributed by atoms with van der Waals surface area (Å²) in [5, 5.41) is 10.8. The number of rotatable bonds is 4. The molecule has 1 aliphatic rings. The van der Waals surface area contributed by atoms with Gasteiger partial charge in [-0.15, -0.1) is 0 Å². The monoisotopic (exact) mass is 382 g/mol. The van der Waals surface area contributed by atoms with Crippen LogP contribution in [-0.2, 0) is 11.3 Å². The van der Waals surface area contributed by atoms with Gasteiger partial charge in [-0.05, 0) is 24.3 Å². The second-order valence-electron chi connectivity index (χ2n) is 6.56. The Morgan fingerprint density at radius 2 is 1.71 bits per heavy atom. The second kappa shape index (κ2) is 7.18. The molecule has 28 heavy (non-hydrogen) atoms. The van der Waals surface area contributed by atoms with E-state index in [9.17, 15) is 19.7 Å². The Morgan fingerprint density at radius 1 is 1.04 bits per heavy atom. The molecule has 144 valence electrons. The second-order valence-corrected chi connectivity index (χ2v) is 6.56. The number of carbonyl (C=O) groups is 1. The third-order valence-electron chi connectivity index (χ3n) is 4.93. The predicted molar refractivity (Wildman–Crippen MR) is 102 cm³/mol. The van der Waals surface area contributed by atoms with Crippen LogP contribution in [0, 0.1) is 10.1 Å². The van der Waals surface area contributed by atoms with Crippen molar-refractivity contribution >= 4 is 28.4 Å². The first kappa shape index (κ1) is 17.8. The molecule has 2 aromatic carbocycles. The molecular weight excluding hydrogens is 364 g/mol. The van der Waals surface area contributed by atoms with Crippen LogP contribution in [0.2, 0.25) is 0 Å². The number of anilines is 1. The van der Waals surface area contributed by atoms with Gasteiger partial charge in [0.05, 0.1) is 10.4 Å². The molecule has 0 spiro atoms. The van der Waals surface area contributed by atoms with Crippen LogP contribution in [-0.4, -0.2) is 46.5 Å². The highest BCUT2D eigenvalue weighted by Gasteiger charge is 2.23. The Morgan fingerprint density at radius 3 is 2.39 bits per heavy atom. The van der Waals surface area contributed by atoms with Crippen molar-refractivity contribution in [3.63, 3.8) is 0 Å². The fourth-order valence-electron chi connectivity index (χ4n) is 3.40. The van der Waals surface area contributed by atoms with Gasteiger partial charge in [-0.1, -0.05) is 12.1 Å². The number of benzene rings is 2. The average molecular weight is 382 g/mol. The standard InChI is InChI=1S/C19H18N4O5/c24-18(13-22-16-3-1-2-4-17(16)28-19(22)25)21-11-9-20(10-12-21)14-5-7-15(8-6-14)23(26)27/h1-8H,9-13H2. The number of aromatic nitrogens is 1. The zero-order chi connectivity index (χ0) is 19.7. The van der Waals surface area contributed by atoms with E-state index >= 15 is 0 Å². The fraction of sp³-hybridized carbons (Fsp3) is 0.263. The average Bonchev–Trinajstić information content (AvgIpc) is 3.03. The summed E-state index contributed by atoms with van der Waals surface area (Å²) < 4.78 is 6.52. The first-order chi connectivity index (χ1) is 13.5. The SMILES string of the molecule is O=C(Cn1c(=O)oc2ccccc21)N1CCN(c2ccc([N+](=O)[O-])cc2)CC1. The number of fused-ring (bicyclic) bond motifs is 1. The van der Waals surface area contributed by atoms with E-state index in [1.807, 2.05) is 0 Å². The van der Waals surface area contributed by atoms with Gasteiger partial charge in [0.15, 0.2) is 5.58 Å². The third kappa shape index (κ3) is 3.34. The quantitative estimate of drug-likeness (QED) is 0.504. The molecule has 4 rings (SSSR count). The number of non-ortho nitro benzene ring substituents is 1. The van der Waals surface area contributed by atoms with Crippen LogP contribution in [0.1, 0.15) is 0 Å². The molecule has 0 unspecified atom stereocenters. The van der Waals surface area contributed by atoms with E-state index in [2.05, 4.69) is 4.90 Å². The summed E-state index contributed by atoms with van der Waals surface area (Å²) in [4.78, 5) is 38.8. The normalized spacial score (nSPS) is 14.4. The minimum absolute atomic E-state index is 0.0512. The lowest BCUT2D eigenvalue weighted by Gasteiger charge is -2.36. The Bertz CT molecular complexity index is 1080. The number of carbonyl (C=O) groups excluding carboxylic acids is 1. The Hall–Kier alpha value is -3.62. The molecule has 2 heterocycles. The molecule has 9 nitrogen and oxygen atoms in total. The molecule has 1 amide bonds. The topological polar surface area (TPSA) is 102 Å². The van der Waals surface area contributed by atoms with E-state index in [1.165, 1.54) is 16.7 Å². The van der Waals surface area contributed by atoms with Crippen molar-refractivity contribution in [2.75, 3.05) is 31.1 Å². The molecule has 1 aliphatic heterocycles. The molecule has 0 bridgehead atoms. The van der Waals surface area contributed by atoms with Crippen molar-refractivity contribution in [2.24, 2.45) is 0 Å². The van der Waals surface area contributed by atoms with Crippen molar-refractivity contribution in [3.05, 3.63) is 69.2 Å². The number of nitro benzene ring substituents is 1. The summed E-state index contributed by atoms with van der Waals surface area (Å²) in [5.74, 6) is -0.684. The van der Waals surface area contributed by atoms with Gasteiger partial charge in [0, 0.05) is 44.0 Å². The van der Waals surface area contributed by atoms with Crippen molar-refractivity contribution in [3.8, 4) is 0 Å². The van der Waals surface area contributed by atoms with E-state index < -0.39 is 10.7 Å². The Kier molecular flexibility index (Phi) is 4.56. The number of amides is 1. The van der Waals surface area contributed by atoms with Gasteiger partial charge in [-0.25, -0.2) is 4.79 Å². The maximum absolute atomic E-state index is 12.7. The van der Waals surface area contributed by atoms with E-state index in [1.54, 1.807) is 41.3 Å². The molecule has 3 aromatic rings. The highest BCUT2D eigenvalue weighted by atomic mass is 16.6. The van der Waals surface area contributed by atoms with Crippen LogP contribution in [0.25, 0.3) is 11.1 Å². The number of hydrogen-bond acceptors (Lipinski definition) is 6. The minimum atomic E-state index is -0.543. The molecular formula is C19H18N4O5. The lowest BCUT2D eigenvalue weighted by atomic mass is 10.2. The van der Waals surface area contributed by atoms with Gasteiger partial charge in [0.1, 0.15) is 6.54 Å². The van der Waals surface area contributed by atoms with Gasteiger partial charge < -0.3 is 14.2 Å². The summed E-state index contributed by atoms with van der Waals surface area (Å²) in [7, 11) is 0. The van der Waals surface area contributed by atoms with E-state index in [0.717, 1.165) is 5.69 Å². The lowest BCUT2D eigenvalue weighted by Crippen LogP contribution is -2.50. The van der Waals surface area contributed by atoms with Crippen molar-refractivity contribution < 1.29 is 14.1 Å². The zero-order valence-electron chi connectivity index (χ0n) is 15.0. The van der Waals surface area contributed by atoms with Crippen LogP contribution < -0.4 is 10.7 Å². The summed E-state index contributed by atoms with van der Waals surface area (Å²) in [6.45, 7) is 2.20. The summed E-state index contributed by atoms with van der Waals surface area (Å²) in [6.07, 6.45) is 0. The maximum Gasteiger partial charge on any atom is 0.420 e. The predicted octanol–water partition coefficient (Wildman–Crippen LogP) is 1.85. The molecule has 0 aliphatic carbocycles. The molecule has 9 heteroatoms. The summed E-state index contributed by atoms with van der Waals surface area (Å²) >= 11 is 0. The smallest absolute Gasteiger partial charge is 0.408 e. The van der Waals surface area contributed by atoms with Crippen LogP contribution in [0.4, 0.5) is 11.4 Å². The molecule has 1 aromatic heterocycles. The minimum Gasteiger partial charge on any atom is -0.408 e. The highest BCUT2D eigenvalue weighted by molar-refractivity contribution is 5.79. The largest absolute Gasteiger partial charge is 0.420 e. The highest BCUT2D eigenvalue weighted by Crippen LogP contribution is 2.21. The summed E-state index contributed by atoms with van der Waals surface area (Å²) in [5.41, 5.74) is 2.00. The fourth-order valence-corrected chi connectivity index (χ4v) is 3.40. The first-order valence-electron chi connectivity index (χ1n) is 8.88. The Balaban J connectivity index is 1.40. The van der Waals surface area contributed by atoms with Crippen LogP contribution in [0.15, 0.2) is 57.7 Å². The number of piperazine rings is 1. The van der Waals surface area contributed by atoms with Gasteiger partial charge in [0.2, 0.25) is 5.91 Å². The number of nitro groups is 1. The van der Waals surface area contributed by atoms with Gasteiger partial charge in [-0.2, -0.15) is 0 Å². The third-order valence-corrected chi connectivity index (χ3v) is 4.93. The molecule has 1 fully saturated rings. The van der Waals surface area contributed by atoms with E-state index in [0.29, 0.717) is 37.3 Å². The van der Waals surface area contributed by atoms with Crippen LogP contribution in [0.5, 0.6) is 0 Å². The van der Waals surface area contributed by atoms with Gasteiger partial charge in [-0.3, -0.25) is 19.5 Å². The molecule has 1 saturated heterocycles. The van der Waals surface area contributed by atoms with Crippen LogP contribution >= 0.6 is 0 Å². The summed E-state index contributed by atoms with van der Waals surface area (Å²) in [6, 6.07) is 13.4. The van der Waals surface area contributed by atoms with E-state index in [-0.39, 0.29) is 18.1 Å². The Labute approximate surface area is 159 Å². The van der Waals surface area contributed by atoms with Crippen molar-refractivity contribution in [2.45, 2.75) is 6.54 Å². The van der Waals surface area contributed by atoms with E-state index in [4.69, 9.17) is 4.42 Å².